The van der Waals surface area contributed by atoms with Crippen molar-refractivity contribution in [3.05, 3.63) is 48.5 Å². The summed E-state index contributed by atoms with van der Waals surface area (Å²) in [6.07, 6.45) is 0. The maximum atomic E-state index is 12.5. The van der Waals surface area contributed by atoms with Crippen LogP contribution in [-0.2, 0) is 22.7 Å². The number of hydrogen-bond donors (Lipinski definition) is 2. The molecule has 2 amide bonds. The summed E-state index contributed by atoms with van der Waals surface area (Å²) in [6, 6.07) is 14.1. The van der Waals surface area contributed by atoms with Crippen molar-refractivity contribution in [1.29, 1.82) is 0 Å². The molecule has 5 rings (SSSR count). The molecule has 2 aromatic heterocycles. The molecule has 0 unspecified atom stereocenters. The van der Waals surface area contributed by atoms with E-state index in [0.29, 0.717) is 22.5 Å². The molecule has 148 valence electrons. The Kier molecular flexibility index (Phi) is 4.20. The molecule has 0 spiro atoms. The number of hydrogen-bond acceptors (Lipinski definition) is 8. The second kappa shape index (κ2) is 7.16. The largest absolute Gasteiger partial charge is 0.324 e. The minimum Gasteiger partial charge on any atom is -0.324 e. The first-order chi connectivity index (χ1) is 14.7. The van der Waals surface area contributed by atoms with Crippen molar-refractivity contribution < 1.29 is 9.59 Å². The molecule has 2 aromatic carbocycles. The van der Waals surface area contributed by atoms with Crippen molar-refractivity contribution in [1.82, 2.24) is 40.4 Å². The Morgan fingerprint density at radius 2 is 1.10 bits per heavy atom. The van der Waals surface area contributed by atoms with E-state index in [1.165, 1.54) is 9.59 Å². The number of rotatable bonds is 0. The van der Waals surface area contributed by atoms with Crippen molar-refractivity contribution in [2.24, 2.45) is 0 Å². The van der Waals surface area contributed by atoms with Gasteiger partial charge in [-0.15, -0.1) is 20.4 Å². The Morgan fingerprint density at radius 3 is 1.57 bits per heavy atom. The molecule has 0 fully saturated rings. The molecule has 3 heterocycles. The van der Waals surface area contributed by atoms with Gasteiger partial charge in [0.1, 0.15) is 13.1 Å². The zero-order valence-electron chi connectivity index (χ0n) is 15.4. The minimum atomic E-state index is -0.340. The van der Waals surface area contributed by atoms with Crippen molar-refractivity contribution in [2.45, 2.75) is 13.1 Å². The van der Waals surface area contributed by atoms with Gasteiger partial charge in [0, 0.05) is 11.1 Å². The van der Waals surface area contributed by atoms with E-state index in [1.807, 2.05) is 0 Å². The van der Waals surface area contributed by atoms with E-state index in [4.69, 9.17) is 0 Å². The van der Waals surface area contributed by atoms with Gasteiger partial charge in [0.2, 0.25) is 23.5 Å². The van der Waals surface area contributed by atoms with Crippen LogP contribution in [0.1, 0.15) is 0 Å². The van der Waals surface area contributed by atoms with Crippen LogP contribution >= 0.6 is 0 Å². The third-order valence-corrected chi connectivity index (χ3v) is 4.36. The first-order valence-electron chi connectivity index (χ1n) is 9.00. The summed E-state index contributed by atoms with van der Waals surface area (Å²) < 4.78 is 0. The number of benzene rings is 2. The molecule has 0 aliphatic carbocycles. The number of nitrogens with one attached hydrogen (secondary N) is 2. The SMILES string of the molecule is O=C1Cn2nnc(n2)-c2ccccc2NC(=O)Cn2nnc(n2)-c2ccccc2N1. The number of carbonyl (C=O) groups is 2. The number of anilines is 2. The first-order valence-corrected chi connectivity index (χ1v) is 9.00. The molecule has 1 aliphatic heterocycles. The number of nitrogens with zero attached hydrogens (tertiary/aromatic N) is 8. The highest BCUT2D eigenvalue weighted by Crippen LogP contribution is 2.26. The summed E-state index contributed by atoms with van der Waals surface area (Å²) in [5.74, 6) is -0.111. The fourth-order valence-electron chi connectivity index (χ4n) is 3.05. The summed E-state index contributed by atoms with van der Waals surface area (Å²) in [4.78, 5) is 27.4. The minimum absolute atomic E-state index is 0.143. The second-order valence-corrected chi connectivity index (χ2v) is 6.47. The molecule has 1 aliphatic rings. The first kappa shape index (κ1) is 17.6. The smallest absolute Gasteiger partial charge is 0.248 e. The number of amides is 2. The standard InChI is InChI=1S/C18H14N10O2/c29-15-9-28-24-18(22-26-28)12-6-2-4-8-14(12)20-16(30)10-27-23-17(21-25-27)11-5-1-3-7-13(11)19-15/h1-8H,9-10H2,(H,19,29)(H,20,30). The van der Waals surface area contributed by atoms with Crippen LogP contribution in [-0.4, -0.2) is 52.2 Å². The zero-order valence-corrected chi connectivity index (χ0v) is 15.4. The molecule has 30 heavy (non-hydrogen) atoms. The number of fused-ring (bicyclic) bond motifs is 8. The lowest BCUT2D eigenvalue weighted by Crippen LogP contribution is -2.21. The van der Waals surface area contributed by atoms with Crippen LogP contribution in [0, 0.1) is 0 Å². The van der Waals surface area contributed by atoms with Crippen molar-refractivity contribution in [3.63, 3.8) is 0 Å². The maximum Gasteiger partial charge on any atom is 0.248 e. The lowest BCUT2D eigenvalue weighted by molar-refractivity contribution is -0.118. The Hall–Kier alpha value is -4.48. The maximum absolute atomic E-state index is 12.5. The van der Waals surface area contributed by atoms with Crippen LogP contribution in [0.2, 0.25) is 0 Å². The highest BCUT2D eigenvalue weighted by atomic mass is 16.2. The van der Waals surface area contributed by atoms with Crippen molar-refractivity contribution in [3.8, 4) is 22.8 Å². The van der Waals surface area contributed by atoms with E-state index in [-0.39, 0.29) is 36.6 Å². The summed E-state index contributed by atoms with van der Waals surface area (Å²) in [5, 5.41) is 30.1. The quantitative estimate of drug-likeness (QED) is 0.434. The Labute approximate surface area is 168 Å². The molecule has 2 N–H and O–H groups in total. The highest BCUT2D eigenvalue weighted by molar-refractivity contribution is 5.95. The number of tetrazole rings is 2. The van der Waals surface area contributed by atoms with Crippen LogP contribution < -0.4 is 10.6 Å². The van der Waals surface area contributed by atoms with E-state index in [0.717, 1.165) is 0 Å². The lowest BCUT2D eigenvalue weighted by atomic mass is 10.1. The fraction of sp³-hybridized carbons (Fsp3) is 0.111. The van der Waals surface area contributed by atoms with Crippen LogP contribution in [0.3, 0.4) is 0 Å². The number of para-hydroxylation sites is 2. The van der Waals surface area contributed by atoms with E-state index in [2.05, 4.69) is 41.5 Å². The summed E-state index contributed by atoms with van der Waals surface area (Å²) in [5.41, 5.74) is 2.15. The molecular formula is C18H14N10O2. The molecule has 0 saturated carbocycles. The summed E-state index contributed by atoms with van der Waals surface area (Å²) in [6.45, 7) is -0.286. The Morgan fingerprint density at radius 1 is 0.667 bits per heavy atom. The molecule has 12 nitrogen and oxygen atoms in total. The monoisotopic (exact) mass is 402 g/mol. The van der Waals surface area contributed by atoms with E-state index < -0.39 is 0 Å². The molecular weight excluding hydrogens is 388 g/mol. The average Bonchev–Trinajstić information content (AvgIpc) is 3.38. The third-order valence-electron chi connectivity index (χ3n) is 4.36. The Balaban J connectivity index is 1.58. The van der Waals surface area contributed by atoms with Crippen LogP contribution in [0.15, 0.2) is 48.5 Å². The van der Waals surface area contributed by atoms with Gasteiger partial charge in [-0.3, -0.25) is 9.59 Å². The van der Waals surface area contributed by atoms with Crippen LogP contribution in [0.4, 0.5) is 11.4 Å². The van der Waals surface area contributed by atoms with E-state index in [9.17, 15) is 9.59 Å². The van der Waals surface area contributed by atoms with E-state index >= 15 is 0 Å². The van der Waals surface area contributed by atoms with Gasteiger partial charge in [-0.05, 0) is 34.7 Å². The number of carbonyl (C=O) groups excluding carboxylic acids is 2. The predicted molar refractivity (Wildman–Crippen MR) is 104 cm³/mol. The van der Waals surface area contributed by atoms with Crippen molar-refractivity contribution >= 4 is 23.2 Å². The summed E-state index contributed by atoms with van der Waals surface area (Å²) in [7, 11) is 0. The van der Waals surface area contributed by atoms with Gasteiger partial charge < -0.3 is 10.6 Å². The van der Waals surface area contributed by atoms with Crippen molar-refractivity contribution in [2.75, 3.05) is 10.6 Å². The van der Waals surface area contributed by atoms with Crippen LogP contribution in [0.5, 0.6) is 0 Å². The molecule has 12 heteroatoms. The molecule has 4 bridgehead atoms. The fourth-order valence-corrected chi connectivity index (χ4v) is 3.05. The highest BCUT2D eigenvalue weighted by Gasteiger charge is 2.18. The van der Waals surface area contributed by atoms with E-state index in [1.54, 1.807) is 48.5 Å². The lowest BCUT2D eigenvalue weighted by Gasteiger charge is -2.09. The van der Waals surface area contributed by atoms with Gasteiger partial charge in [-0.1, -0.05) is 24.3 Å². The predicted octanol–water partition coefficient (Wildman–Crippen LogP) is 0.584. The second-order valence-electron chi connectivity index (χ2n) is 6.47. The normalized spacial score (nSPS) is 13.7. The topological polar surface area (TPSA) is 145 Å². The summed E-state index contributed by atoms with van der Waals surface area (Å²) >= 11 is 0. The van der Waals surface area contributed by atoms with Crippen LogP contribution in [0.25, 0.3) is 22.8 Å². The average molecular weight is 402 g/mol. The van der Waals surface area contributed by atoms with Gasteiger partial charge in [0.05, 0.1) is 11.4 Å². The van der Waals surface area contributed by atoms with Gasteiger partial charge in [-0.25, -0.2) is 0 Å². The van der Waals surface area contributed by atoms with Gasteiger partial charge >= 0.3 is 0 Å². The molecule has 0 saturated heterocycles. The zero-order chi connectivity index (χ0) is 20.5. The van der Waals surface area contributed by atoms with Gasteiger partial charge in [0.25, 0.3) is 0 Å². The third kappa shape index (κ3) is 3.37. The van der Waals surface area contributed by atoms with Gasteiger partial charge in [-0.2, -0.15) is 9.59 Å². The Bertz CT molecular complexity index is 1160. The molecule has 4 aromatic rings. The molecule has 0 atom stereocenters. The van der Waals surface area contributed by atoms with Gasteiger partial charge in [0.15, 0.2) is 0 Å². The molecule has 0 radical (unpaired) electrons. The number of aromatic nitrogens is 8.